The standard InChI is InChI=1S/3C5H6N2.C4H6N2/c1-5-2-6-4-7-3-5;1-5-2-3-6-4-7-5;1-5-6-3-2-4-7-5;1-4-2-5-6-3-4/h3*2-4H,1H3;2-3H,1H3,(H,5,6). The van der Waals surface area contributed by atoms with Crippen molar-refractivity contribution >= 4 is 0 Å². The van der Waals surface area contributed by atoms with Crippen LogP contribution in [0.2, 0.25) is 0 Å². The van der Waals surface area contributed by atoms with Crippen molar-refractivity contribution in [3.8, 4) is 0 Å². The van der Waals surface area contributed by atoms with Gasteiger partial charge in [-0.15, -0.1) is 0 Å². The molecule has 0 unspecified atom stereocenters. The molecule has 0 saturated heterocycles. The normalized spacial score (nSPS) is 8.74. The van der Waals surface area contributed by atoms with E-state index in [2.05, 4.69) is 40.1 Å². The molecule has 8 nitrogen and oxygen atoms in total. The number of nitrogens with zero attached hydrogens (tertiary/aromatic N) is 7. The van der Waals surface area contributed by atoms with Gasteiger partial charge in [0.05, 0.1) is 6.20 Å². The number of rotatable bonds is 0. The number of hydrogen-bond donors (Lipinski definition) is 1. The van der Waals surface area contributed by atoms with Crippen LogP contribution in [0.3, 0.4) is 0 Å². The minimum absolute atomic E-state index is 0.822. The number of hydrogen-bond acceptors (Lipinski definition) is 7. The summed E-state index contributed by atoms with van der Waals surface area (Å²) in [7, 11) is 0. The summed E-state index contributed by atoms with van der Waals surface area (Å²) in [6.45, 7) is 7.74. The van der Waals surface area contributed by atoms with Crippen molar-refractivity contribution in [2.45, 2.75) is 27.7 Å². The van der Waals surface area contributed by atoms with Crippen molar-refractivity contribution in [2.24, 2.45) is 0 Å². The molecule has 0 atom stereocenters. The SMILES string of the molecule is Cc1ccncn1.Cc1cn[nH]c1.Cc1cncnc1.Cc1ncccn1. The summed E-state index contributed by atoms with van der Waals surface area (Å²) >= 11 is 0. The fourth-order valence-corrected chi connectivity index (χ4v) is 1.42. The lowest BCUT2D eigenvalue weighted by Gasteiger charge is -1.81. The van der Waals surface area contributed by atoms with E-state index in [0.717, 1.165) is 17.1 Å². The molecular formula is C19H24N8. The van der Waals surface area contributed by atoms with Crippen LogP contribution in [0.1, 0.15) is 22.6 Å². The molecule has 0 aromatic carbocycles. The number of H-pyrrole nitrogens is 1. The minimum Gasteiger partial charge on any atom is -0.285 e. The first kappa shape index (κ1) is 21.5. The first-order chi connectivity index (χ1) is 13.1. The third kappa shape index (κ3) is 12.5. The van der Waals surface area contributed by atoms with Gasteiger partial charge in [-0.3, -0.25) is 5.10 Å². The van der Waals surface area contributed by atoms with Gasteiger partial charge >= 0.3 is 0 Å². The van der Waals surface area contributed by atoms with E-state index in [1.165, 1.54) is 18.2 Å². The maximum absolute atomic E-state index is 3.87. The molecule has 4 heterocycles. The van der Waals surface area contributed by atoms with Crippen LogP contribution < -0.4 is 0 Å². The molecule has 140 valence electrons. The second-order valence-corrected chi connectivity index (χ2v) is 5.34. The van der Waals surface area contributed by atoms with E-state index >= 15 is 0 Å². The smallest absolute Gasteiger partial charge is 0.125 e. The quantitative estimate of drug-likeness (QED) is 0.511. The first-order valence-corrected chi connectivity index (χ1v) is 8.21. The summed E-state index contributed by atoms with van der Waals surface area (Å²) in [4.78, 5) is 22.9. The molecular weight excluding hydrogens is 340 g/mol. The Labute approximate surface area is 159 Å². The first-order valence-electron chi connectivity index (χ1n) is 8.21. The Morgan fingerprint density at radius 2 is 1.41 bits per heavy atom. The third-order valence-corrected chi connectivity index (χ3v) is 2.75. The molecule has 0 aliphatic rings. The van der Waals surface area contributed by atoms with Crippen LogP contribution >= 0.6 is 0 Å². The molecule has 0 aliphatic heterocycles. The summed E-state index contributed by atoms with van der Waals surface area (Å²) in [6.07, 6.45) is 15.4. The van der Waals surface area contributed by atoms with Crippen LogP contribution in [-0.4, -0.2) is 40.1 Å². The van der Waals surface area contributed by atoms with Gasteiger partial charge in [-0.05, 0) is 51.0 Å². The van der Waals surface area contributed by atoms with Crippen molar-refractivity contribution in [3.63, 3.8) is 0 Å². The zero-order chi connectivity index (χ0) is 19.7. The summed E-state index contributed by atoms with van der Waals surface area (Å²) in [5, 5.41) is 6.38. The minimum atomic E-state index is 0.822. The summed E-state index contributed by atoms with van der Waals surface area (Å²) in [5.74, 6) is 0.822. The van der Waals surface area contributed by atoms with Crippen molar-refractivity contribution < 1.29 is 0 Å². The molecule has 0 fully saturated rings. The highest BCUT2D eigenvalue weighted by Crippen LogP contribution is 1.85. The van der Waals surface area contributed by atoms with Crippen LogP contribution in [0.15, 0.2) is 68.2 Å². The summed E-state index contributed by atoms with van der Waals surface area (Å²) in [5.41, 5.74) is 3.28. The predicted molar refractivity (Wildman–Crippen MR) is 104 cm³/mol. The largest absolute Gasteiger partial charge is 0.285 e. The lowest BCUT2D eigenvalue weighted by Crippen LogP contribution is -1.80. The topological polar surface area (TPSA) is 106 Å². The monoisotopic (exact) mass is 364 g/mol. The van der Waals surface area contributed by atoms with Crippen LogP contribution in [0, 0.1) is 27.7 Å². The second-order valence-electron chi connectivity index (χ2n) is 5.34. The third-order valence-electron chi connectivity index (χ3n) is 2.75. The Bertz CT molecular complexity index is 717. The number of aryl methyl sites for hydroxylation is 4. The highest BCUT2D eigenvalue weighted by atomic mass is 15.1. The molecule has 8 heteroatoms. The van der Waals surface area contributed by atoms with Crippen molar-refractivity contribution in [1.82, 2.24) is 40.1 Å². The lowest BCUT2D eigenvalue weighted by atomic mass is 10.4. The van der Waals surface area contributed by atoms with E-state index in [1.54, 1.807) is 43.2 Å². The van der Waals surface area contributed by atoms with E-state index in [-0.39, 0.29) is 0 Å². The zero-order valence-corrected chi connectivity index (χ0v) is 16.0. The molecule has 0 saturated carbocycles. The molecule has 0 radical (unpaired) electrons. The van der Waals surface area contributed by atoms with Crippen LogP contribution in [-0.2, 0) is 0 Å². The molecule has 0 aliphatic carbocycles. The van der Waals surface area contributed by atoms with Gasteiger partial charge in [0.1, 0.15) is 18.5 Å². The highest BCUT2D eigenvalue weighted by Gasteiger charge is 1.76. The van der Waals surface area contributed by atoms with Gasteiger partial charge in [-0.2, -0.15) is 5.10 Å². The van der Waals surface area contributed by atoms with E-state index in [1.807, 2.05) is 40.0 Å². The Morgan fingerprint density at radius 1 is 0.704 bits per heavy atom. The van der Waals surface area contributed by atoms with Crippen molar-refractivity contribution in [3.05, 3.63) is 90.8 Å². The van der Waals surface area contributed by atoms with Gasteiger partial charge < -0.3 is 0 Å². The van der Waals surface area contributed by atoms with Gasteiger partial charge in [-0.1, -0.05) is 0 Å². The average molecular weight is 364 g/mol. The van der Waals surface area contributed by atoms with Gasteiger partial charge in [-0.25, -0.2) is 29.9 Å². The van der Waals surface area contributed by atoms with Gasteiger partial charge in [0, 0.05) is 42.9 Å². The van der Waals surface area contributed by atoms with Gasteiger partial charge in [0.15, 0.2) is 0 Å². The lowest BCUT2D eigenvalue weighted by molar-refractivity contribution is 1.05. The molecule has 0 bridgehead atoms. The zero-order valence-electron chi connectivity index (χ0n) is 16.0. The predicted octanol–water partition coefficient (Wildman–Crippen LogP) is 3.07. The highest BCUT2D eigenvalue weighted by molar-refractivity contribution is 4.97. The van der Waals surface area contributed by atoms with Gasteiger partial charge in [0.2, 0.25) is 0 Å². The molecule has 27 heavy (non-hydrogen) atoms. The average Bonchev–Trinajstić information content (AvgIpc) is 3.16. The van der Waals surface area contributed by atoms with E-state index < -0.39 is 0 Å². The number of aromatic nitrogens is 8. The molecule has 4 aromatic heterocycles. The Balaban J connectivity index is 0.000000180. The maximum atomic E-state index is 3.87. The molecule has 1 N–H and O–H groups in total. The molecule has 4 aromatic rings. The van der Waals surface area contributed by atoms with Crippen molar-refractivity contribution in [1.29, 1.82) is 0 Å². The van der Waals surface area contributed by atoms with E-state index in [9.17, 15) is 0 Å². The number of nitrogens with one attached hydrogen (secondary N) is 1. The van der Waals surface area contributed by atoms with E-state index in [0.29, 0.717) is 0 Å². The fourth-order valence-electron chi connectivity index (χ4n) is 1.42. The van der Waals surface area contributed by atoms with Crippen molar-refractivity contribution in [2.75, 3.05) is 0 Å². The van der Waals surface area contributed by atoms with Crippen LogP contribution in [0.4, 0.5) is 0 Å². The van der Waals surface area contributed by atoms with Crippen LogP contribution in [0.5, 0.6) is 0 Å². The Morgan fingerprint density at radius 3 is 1.67 bits per heavy atom. The van der Waals surface area contributed by atoms with E-state index in [4.69, 9.17) is 0 Å². The summed E-state index contributed by atoms with van der Waals surface area (Å²) < 4.78 is 0. The fraction of sp³-hybridized carbons (Fsp3) is 0.211. The molecule has 0 amide bonds. The van der Waals surface area contributed by atoms with Gasteiger partial charge in [0.25, 0.3) is 0 Å². The van der Waals surface area contributed by atoms with Crippen LogP contribution in [0.25, 0.3) is 0 Å². The number of aromatic amines is 1. The molecule has 4 rings (SSSR count). The second kappa shape index (κ2) is 13.7. The molecule has 0 spiro atoms. The Hall–Kier alpha value is -3.55. The Kier molecular flexibility index (Phi) is 10.9. The summed E-state index contributed by atoms with van der Waals surface area (Å²) in [6, 6.07) is 3.66. The maximum Gasteiger partial charge on any atom is 0.125 e.